The highest BCUT2D eigenvalue weighted by Gasteiger charge is 2.29. The Bertz CT molecular complexity index is 472. The SMILES string of the molecule is C[C@@H]1CN(C(=O)OC(C)(C)C)CCN1Cc1cnccn1. The van der Waals surface area contributed by atoms with Crippen LogP contribution in [0.4, 0.5) is 4.79 Å². The van der Waals surface area contributed by atoms with Crippen LogP contribution in [-0.4, -0.2) is 57.1 Å². The van der Waals surface area contributed by atoms with E-state index in [-0.39, 0.29) is 12.1 Å². The lowest BCUT2D eigenvalue weighted by Gasteiger charge is -2.39. The molecule has 6 nitrogen and oxygen atoms in total. The van der Waals surface area contributed by atoms with E-state index in [1.54, 1.807) is 23.5 Å². The summed E-state index contributed by atoms with van der Waals surface area (Å²) in [7, 11) is 0. The highest BCUT2D eigenvalue weighted by Crippen LogP contribution is 2.16. The van der Waals surface area contributed by atoms with Gasteiger partial charge < -0.3 is 9.64 Å². The second-order valence-corrected chi connectivity index (χ2v) is 6.44. The van der Waals surface area contributed by atoms with Crippen LogP contribution in [0.1, 0.15) is 33.4 Å². The Morgan fingerprint density at radius 1 is 1.38 bits per heavy atom. The van der Waals surface area contributed by atoms with Crippen LogP contribution in [0.2, 0.25) is 0 Å². The molecule has 116 valence electrons. The lowest BCUT2D eigenvalue weighted by Crippen LogP contribution is -2.54. The van der Waals surface area contributed by atoms with Crippen molar-refractivity contribution < 1.29 is 9.53 Å². The van der Waals surface area contributed by atoms with E-state index in [1.807, 2.05) is 20.8 Å². The summed E-state index contributed by atoms with van der Waals surface area (Å²) in [5.74, 6) is 0. The van der Waals surface area contributed by atoms with Crippen molar-refractivity contribution in [1.29, 1.82) is 0 Å². The minimum absolute atomic E-state index is 0.228. The summed E-state index contributed by atoms with van der Waals surface area (Å²) in [6.07, 6.45) is 4.94. The average molecular weight is 292 g/mol. The van der Waals surface area contributed by atoms with Gasteiger partial charge in [-0.1, -0.05) is 0 Å². The van der Waals surface area contributed by atoms with Crippen molar-refractivity contribution in [2.24, 2.45) is 0 Å². The maximum absolute atomic E-state index is 12.1. The van der Waals surface area contributed by atoms with Gasteiger partial charge in [-0.15, -0.1) is 0 Å². The molecule has 0 N–H and O–H groups in total. The van der Waals surface area contributed by atoms with E-state index in [0.29, 0.717) is 13.1 Å². The average Bonchev–Trinajstić information content (AvgIpc) is 2.40. The van der Waals surface area contributed by atoms with Crippen molar-refractivity contribution in [1.82, 2.24) is 19.8 Å². The Morgan fingerprint density at radius 3 is 2.71 bits per heavy atom. The van der Waals surface area contributed by atoms with Crippen molar-refractivity contribution in [3.05, 3.63) is 24.3 Å². The van der Waals surface area contributed by atoms with Gasteiger partial charge in [-0.05, 0) is 27.7 Å². The Kier molecular flexibility index (Phi) is 4.77. The number of carbonyl (C=O) groups excluding carboxylic acids is 1. The molecule has 1 saturated heterocycles. The predicted octanol–water partition coefficient (Wildman–Crippen LogP) is 1.92. The van der Waals surface area contributed by atoms with Gasteiger partial charge in [0.1, 0.15) is 5.60 Å². The maximum atomic E-state index is 12.1. The van der Waals surface area contributed by atoms with E-state index in [9.17, 15) is 4.79 Å². The Morgan fingerprint density at radius 2 is 2.14 bits per heavy atom. The summed E-state index contributed by atoms with van der Waals surface area (Å²) in [5.41, 5.74) is 0.506. The second-order valence-electron chi connectivity index (χ2n) is 6.44. The summed E-state index contributed by atoms with van der Waals surface area (Å²) < 4.78 is 5.43. The molecule has 1 aromatic rings. The minimum Gasteiger partial charge on any atom is -0.444 e. The van der Waals surface area contributed by atoms with E-state index in [2.05, 4.69) is 21.8 Å². The summed E-state index contributed by atoms with van der Waals surface area (Å²) in [4.78, 5) is 24.6. The third-order valence-electron chi connectivity index (χ3n) is 3.40. The van der Waals surface area contributed by atoms with Gasteiger partial charge in [0, 0.05) is 50.8 Å². The first kappa shape index (κ1) is 15.7. The molecule has 1 atom stereocenters. The van der Waals surface area contributed by atoms with Gasteiger partial charge in [-0.25, -0.2) is 4.79 Å². The fraction of sp³-hybridized carbons (Fsp3) is 0.667. The molecule has 0 unspecified atom stereocenters. The largest absolute Gasteiger partial charge is 0.444 e. The molecule has 0 aliphatic carbocycles. The molecule has 2 rings (SSSR count). The lowest BCUT2D eigenvalue weighted by molar-refractivity contribution is 0.00443. The van der Waals surface area contributed by atoms with Crippen LogP contribution in [0.15, 0.2) is 18.6 Å². The number of nitrogens with zero attached hydrogens (tertiary/aromatic N) is 4. The van der Waals surface area contributed by atoms with E-state index in [0.717, 1.165) is 18.8 Å². The Balaban J connectivity index is 1.89. The van der Waals surface area contributed by atoms with Crippen molar-refractivity contribution in [2.45, 2.75) is 45.9 Å². The zero-order chi connectivity index (χ0) is 15.5. The van der Waals surface area contributed by atoms with Crippen molar-refractivity contribution >= 4 is 6.09 Å². The molecule has 0 aromatic carbocycles. The van der Waals surface area contributed by atoms with Gasteiger partial charge in [0.15, 0.2) is 0 Å². The van der Waals surface area contributed by atoms with Crippen LogP contribution in [-0.2, 0) is 11.3 Å². The first-order chi connectivity index (χ1) is 9.85. The van der Waals surface area contributed by atoms with Crippen LogP contribution in [0.25, 0.3) is 0 Å². The molecule has 1 aromatic heterocycles. The molecule has 1 aliphatic heterocycles. The standard InChI is InChI=1S/C15H24N4O2/c1-12-10-19(14(20)21-15(2,3)4)8-7-18(12)11-13-9-16-5-6-17-13/h5-6,9,12H,7-8,10-11H2,1-4H3/t12-/m1/s1. The molecule has 21 heavy (non-hydrogen) atoms. The van der Waals surface area contributed by atoms with Crippen LogP contribution >= 0.6 is 0 Å². The monoisotopic (exact) mass is 292 g/mol. The number of amides is 1. The van der Waals surface area contributed by atoms with Crippen LogP contribution in [0, 0.1) is 0 Å². The smallest absolute Gasteiger partial charge is 0.410 e. The normalized spacial score (nSPS) is 20.4. The summed E-state index contributed by atoms with van der Waals surface area (Å²) in [6.45, 7) is 10.7. The molecule has 1 fully saturated rings. The van der Waals surface area contributed by atoms with E-state index in [1.165, 1.54) is 0 Å². The van der Waals surface area contributed by atoms with Crippen LogP contribution < -0.4 is 0 Å². The number of hydrogen-bond donors (Lipinski definition) is 0. The van der Waals surface area contributed by atoms with Crippen LogP contribution in [0.3, 0.4) is 0 Å². The van der Waals surface area contributed by atoms with Gasteiger partial charge in [0.2, 0.25) is 0 Å². The third-order valence-corrected chi connectivity index (χ3v) is 3.40. The molecule has 0 bridgehead atoms. The van der Waals surface area contributed by atoms with E-state index < -0.39 is 5.60 Å². The molecule has 6 heteroatoms. The topological polar surface area (TPSA) is 58.6 Å². The van der Waals surface area contributed by atoms with Gasteiger partial charge >= 0.3 is 6.09 Å². The predicted molar refractivity (Wildman–Crippen MR) is 79.7 cm³/mol. The number of hydrogen-bond acceptors (Lipinski definition) is 5. The van der Waals surface area contributed by atoms with Crippen molar-refractivity contribution in [3.8, 4) is 0 Å². The number of carbonyl (C=O) groups is 1. The molecule has 0 saturated carbocycles. The molecule has 0 spiro atoms. The van der Waals surface area contributed by atoms with Gasteiger partial charge in [-0.2, -0.15) is 0 Å². The quantitative estimate of drug-likeness (QED) is 0.833. The molecule has 1 aliphatic rings. The zero-order valence-corrected chi connectivity index (χ0v) is 13.2. The summed E-state index contributed by atoms with van der Waals surface area (Å²) in [5, 5.41) is 0. The summed E-state index contributed by atoms with van der Waals surface area (Å²) >= 11 is 0. The van der Waals surface area contributed by atoms with Gasteiger partial charge in [0.05, 0.1) is 5.69 Å². The Hall–Kier alpha value is -1.69. The molecular formula is C15H24N4O2. The highest BCUT2D eigenvalue weighted by atomic mass is 16.6. The maximum Gasteiger partial charge on any atom is 0.410 e. The number of piperazine rings is 1. The first-order valence-corrected chi connectivity index (χ1v) is 7.32. The molecular weight excluding hydrogens is 268 g/mol. The molecule has 2 heterocycles. The third kappa shape index (κ3) is 4.67. The number of ether oxygens (including phenoxy) is 1. The van der Waals surface area contributed by atoms with E-state index >= 15 is 0 Å². The fourth-order valence-corrected chi connectivity index (χ4v) is 2.34. The molecule has 0 radical (unpaired) electrons. The Labute approximate surface area is 126 Å². The van der Waals surface area contributed by atoms with E-state index in [4.69, 9.17) is 4.74 Å². The highest BCUT2D eigenvalue weighted by molar-refractivity contribution is 5.68. The van der Waals surface area contributed by atoms with Crippen molar-refractivity contribution in [3.63, 3.8) is 0 Å². The summed E-state index contributed by atoms with van der Waals surface area (Å²) in [6, 6.07) is 0.272. The fourth-order valence-electron chi connectivity index (χ4n) is 2.34. The minimum atomic E-state index is -0.447. The number of rotatable bonds is 2. The first-order valence-electron chi connectivity index (χ1n) is 7.32. The molecule has 1 amide bonds. The van der Waals surface area contributed by atoms with Crippen molar-refractivity contribution in [2.75, 3.05) is 19.6 Å². The van der Waals surface area contributed by atoms with Gasteiger partial charge in [0.25, 0.3) is 0 Å². The lowest BCUT2D eigenvalue weighted by atomic mass is 10.2. The zero-order valence-electron chi connectivity index (χ0n) is 13.2. The van der Waals surface area contributed by atoms with Gasteiger partial charge in [-0.3, -0.25) is 14.9 Å². The number of aromatic nitrogens is 2. The van der Waals surface area contributed by atoms with Crippen LogP contribution in [0.5, 0.6) is 0 Å². The second kappa shape index (κ2) is 6.39.